The van der Waals surface area contributed by atoms with Crippen molar-refractivity contribution in [2.24, 2.45) is 0 Å². The van der Waals surface area contributed by atoms with Gasteiger partial charge in [-0.3, -0.25) is 14.4 Å². The first-order valence-corrected chi connectivity index (χ1v) is 26.5. The summed E-state index contributed by atoms with van der Waals surface area (Å²) < 4.78 is 16.8. The van der Waals surface area contributed by atoms with Gasteiger partial charge in [0.05, 0.1) is 0 Å². The molecule has 362 valence electrons. The average molecular weight is 879 g/mol. The summed E-state index contributed by atoms with van der Waals surface area (Å²) in [7, 11) is 0. The fourth-order valence-corrected chi connectivity index (χ4v) is 7.24. The van der Waals surface area contributed by atoms with Gasteiger partial charge in [0.2, 0.25) is 0 Å². The zero-order valence-corrected chi connectivity index (χ0v) is 41.3. The third kappa shape index (κ3) is 49.7. The maximum absolute atomic E-state index is 12.8. The van der Waals surface area contributed by atoms with Crippen LogP contribution in [0.15, 0.2) is 72.9 Å². The monoisotopic (exact) mass is 879 g/mol. The second-order valence-electron chi connectivity index (χ2n) is 17.5. The molecule has 0 saturated carbocycles. The van der Waals surface area contributed by atoms with Gasteiger partial charge >= 0.3 is 17.9 Å². The standard InChI is InChI=1S/C57H98O6/c1-4-7-10-13-16-19-22-24-26-27-28-29-31-32-35-38-41-44-47-50-56(59)62-53-54(52-61-55(58)49-46-43-40-37-34-21-18-15-12-9-6-3)63-57(60)51-48-45-42-39-36-33-30-25-23-20-17-14-11-8-5-2/h8,11,14-20,22-24,54H,4-7,9-10,12-13,21,25-53H2,1-3H3/b11-8-,17-14-,18-15-,19-16-,23-20-,24-22-. The SMILES string of the molecule is CC\C=C/C=C\C=C/CCCCCCCCCC(=O)OC(COC(=O)CCCCCCC/C=C\CCCC)COC(=O)CCCCCCCCCCCC/C=C\C=C/CCCCC. The van der Waals surface area contributed by atoms with Crippen LogP contribution in [0.5, 0.6) is 0 Å². The number of rotatable bonds is 47. The van der Waals surface area contributed by atoms with Gasteiger partial charge in [-0.15, -0.1) is 0 Å². The van der Waals surface area contributed by atoms with E-state index in [-0.39, 0.29) is 31.1 Å². The molecule has 0 aromatic carbocycles. The first-order chi connectivity index (χ1) is 31.0. The number of carbonyl (C=O) groups excluding carboxylic acids is 3. The topological polar surface area (TPSA) is 78.9 Å². The highest BCUT2D eigenvalue weighted by Crippen LogP contribution is 2.15. The Bertz CT molecular complexity index is 1190. The van der Waals surface area contributed by atoms with E-state index in [9.17, 15) is 14.4 Å². The first kappa shape index (κ1) is 59.9. The largest absolute Gasteiger partial charge is 0.462 e. The molecule has 0 saturated heterocycles. The second kappa shape index (κ2) is 51.5. The Balaban J connectivity index is 4.36. The molecule has 63 heavy (non-hydrogen) atoms. The maximum atomic E-state index is 12.8. The minimum Gasteiger partial charge on any atom is -0.462 e. The number of hydrogen-bond donors (Lipinski definition) is 0. The quantitative estimate of drug-likeness (QED) is 0.0199. The number of esters is 3. The predicted molar refractivity (Wildman–Crippen MR) is 270 cm³/mol. The molecule has 0 N–H and O–H groups in total. The third-order valence-corrected chi connectivity index (χ3v) is 11.3. The summed E-state index contributed by atoms with van der Waals surface area (Å²) in [5, 5.41) is 0. The van der Waals surface area contributed by atoms with E-state index >= 15 is 0 Å². The molecule has 0 fully saturated rings. The van der Waals surface area contributed by atoms with Crippen LogP contribution in [0, 0.1) is 0 Å². The summed E-state index contributed by atoms with van der Waals surface area (Å²) in [5.74, 6) is -0.908. The second-order valence-corrected chi connectivity index (χ2v) is 17.5. The molecule has 0 aromatic rings. The van der Waals surface area contributed by atoms with Gasteiger partial charge < -0.3 is 14.2 Å². The summed E-state index contributed by atoms with van der Waals surface area (Å²) in [5.41, 5.74) is 0. The summed E-state index contributed by atoms with van der Waals surface area (Å²) in [6.07, 6.45) is 64.5. The Morgan fingerprint density at radius 2 is 0.651 bits per heavy atom. The molecule has 0 aromatic heterocycles. The van der Waals surface area contributed by atoms with Crippen LogP contribution in [0.3, 0.4) is 0 Å². The third-order valence-electron chi connectivity index (χ3n) is 11.3. The zero-order valence-electron chi connectivity index (χ0n) is 41.3. The highest BCUT2D eigenvalue weighted by molar-refractivity contribution is 5.71. The minimum atomic E-state index is -0.785. The van der Waals surface area contributed by atoms with Crippen molar-refractivity contribution in [3.63, 3.8) is 0 Å². The van der Waals surface area contributed by atoms with Gasteiger partial charge in [-0.1, -0.05) is 222 Å². The van der Waals surface area contributed by atoms with Crippen LogP contribution in [-0.2, 0) is 28.6 Å². The summed E-state index contributed by atoms with van der Waals surface area (Å²) >= 11 is 0. The fraction of sp³-hybridized carbons (Fsp3) is 0.737. The summed E-state index contributed by atoms with van der Waals surface area (Å²) in [6.45, 7) is 6.43. The van der Waals surface area contributed by atoms with Crippen LogP contribution in [0.25, 0.3) is 0 Å². The van der Waals surface area contributed by atoms with E-state index in [1.54, 1.807) is 0 Å². The van der Waals surface area contributed by atoms with Crippen LogP contribution >= 0.6 is 0 Å². The van der Waals surface area contributed by atoms with Crippen LogP contribution in [0.1, 0.15) is 252 Å². The Hall–Kier alpha value is -3.15. The lowest BCUT2D eigenvalue weighted by molar-refractivity contribution is -0.167. The molecule has 0 aliphatic heterocycles. The molecule has 0 aliphatic carbocycles. The molecular weight excluding hydrogens is 781 g/mol. The number of hydrogen-bond acceptors (Lipinski definition) is 6. The van der Waals surface area contributed by atoms with Crippen molar-refractivity contribution in [3.05, 3.63) is 72.9 Å². The number of allylic oxidation sites excluding steroid dienone is 12. The van der Waals surface area contributed by atoms with Gasteiger partial charge in [-0.25, -0.2) is 0 Å². The van der Waals surface area contributed by atoms with Crippen LogP contribution in [0.2, 0.25) is 0 Å². The van der Waals surface area contributed by atoms with Gasteiger partial charge in [0.1, 0.15) is 13.2 Å². The predicted octanol–water partition coefficient (Wildman–Crippen LogP) is 17.4. The Labute approximate surface area is 389 Å². The van der Waals surface area contributed by atoms with E-state index in [2.05, 4.69) is 93.7 Å². The van der Waals surface area contributed by atoms with E-state index in [1.165, 1.54) is 135 Å². The van der Waals surface area contributed by atoms with Crippen molar-refractivity contribution in [1.82, 2.24) is 0 Å². The lowest BCUT2D eigenvalue weighted by Crippen LogP contribution is -2.30. The van der Waals surface area contributed by atoms with Gasteiger partial charge in [-0.05, 0) is 83.5 Å². The van der Waals surface area contributed by atoms with Crippen molar-refractivity contribution in [3.8, 4) is 0 Å². The molecule has 1 atom stereocenters. The highest BCUT2D eigenvalue weighted by Gasteiger charge is 2.19. The highest BCUT2D eigenvalue weighted by atomic mass is 16.6. The van der Waals surface area contributed by atoms with Crippen molar-refractivity contribution >= 4 is 17.9 Å². The van der Waals surface area contributed by atoms with Crippen molar-refractivity contribution in [2.45, 2.75) is 258 Å². The lowest BCUT2D eigenvalue weighted by atomic mass is 10.1. The molecule has 0 amide bonds. The molecule has 0 heterocycles. The van der Waals surface area contributed by atoms with Gasteiger partial charge in [-0.2, -0.15) is 0 Å². The van der Waals surface area contributed by atoms with Crippen LogP contribution in [0.4, 0.5) is 0 Å². The molecule has 6 heteroatoms. The van der Waals surface area contributed by atoms with E-state index in [1.807, 2.05) is 0 Å². The molecular formula is C57H98O6. The molecule has 0 spiro atoms. The first-order valence-electron chi connectivity index (χ1n) is 26.5. The summed E-state index contributed by atoms with van der Waals surface area (Å²) in [4.78, 5) is 38.0. The lowest BCUT2D eigenvalue weighted by Gasteiger charge is -2.18. The normalized spacial score (nSPS) is 12.6. The van der Waals surface area contributed by atoms with Gasteiger partial charge in [0.15, 0.2) is 6.10 Å². The Morgan fingerprint density at radius 1 is 0.333 bits per heavy atom. The Kier molecular flexibility index (Phi) is 48.9. The molecule has 0 rings (SSSR count). The maximum Gasteiger partial charge on any atom is 0.306 e. The van der Waals surface area contributed by atoms with Crippen molar-refractivity contribution in [1.29, 1.82) is 0 Å². The van der Waals surface area contributed by atoms with E-state index in [0.717, 1.165) is 77.0 Å². The van der Waals surface area contributed by atoms with Crippen LogP contribution < -0.4 is 0 Å². The average Bonchev–Trinajstić information content (AvgIpc) is 3.28. The summed E-state index contributed by atoms with van der Waals surface area (Å²) in [6, 6.07) is 0. The molecule has 1 unspecified atom stereocenters. The van der Waals surface area contributed by atoms with Gasteiger partial charge in [0.25, 0.3) is 0 Å². The number of unbranched alkanes of at least 4 members (excludes halogenated alkanes) is 27. The fourth-order valence-electron chi connectivity index (χ4n) is 7.24. The van der Waals surface area contributed by atoms with E-state index in [4.69, 9.17) is 14.2 Å². The minimum absolute atomic E-state index is 0.0847. The van der Waals surface area contributed by atoms with Crippen LogP contribution in [-0.4, -0.2) is 37.2 Å². The van der Waals surface area contributed by atoms with Crippen molar-refractivity contribution < 1.29 is 28.6 Å². The molecule has 0 bridgehead atoms. The molecule has 0 radical (unpaired) electrons. The number of carbonyl (C=O) groups is 3. The number of ether oxygens (including phenoxy) is 3. The van der Waals surface area contributed by atoms with Crippen molar-refractivity contribution in [2.75, 3.05) is 13.2 Å². The molecule has 6 nitrogen and oxygen atoms in total. The van der Waals surface area contributed by atoms with E-state index < -0.39 is 6.10 Å². The molecule has 0 aliphatic rings. The zero-order chi connectivity index (χ0) is 45.8. The van der Waals surface area contributed by atoms with E-state index in [0.29, 0.717) is 19.3 Å². The smallest absolute Gasteiger partial charge is 0.306 e. The Morgan fingerprint density at radius 3 is 1.06 bits per heavy atom. The van der Waals surface area contributed by atoms with Gasteiger partial charge in [0, 0.05) is 19.3 Å².